The van der Waals surface area contributed by atoms with E-state index in [1.807, 2.05) is 27.7 Å². The predicted octanol–water partition coefficient (Wildman–Crippen LogP) is 3.46. The molecule has 5 heteroatoms. The van der Waals surface area contributed by atoms with Crippen LogP contribution < -0.4 is 0 Å². The van der Waals surface area contributed by atoms with E-state index in [1.54, 1.807) is 0 Å². The van der Waals surface area contributed by atoms with Crippen molar-refractivity contribution < 1.29 is 9.32 Å². The van der Waals surface area contributed by atoms with Crippen LogP contribution in [0, 0.1) is 13.8 Å². The Kier molecular flexibility index (Phi) is 4.27. The van der Waals surface area contributed by atoms with E-state index in [2.05, 4.69) is 21.8 Å². The largest absolute Gasteiger partial charge is 0.361 e. The molecule has 1 aromatic rings. The average molecular weight is 322 g/mol. The molecule has 2 aliphatic rings. The highest BCUT2D eigenvalue weighted by molar-refractivity contribution is 8.00. The minimum Gasteiger partial charge on any atom is -0.361 e. The summed E-state index contributed by atoms with van der Waals surface area (Å²) in [6.07, 6.45) is 4.96. The van der Waals surface area contributed by atoms with Gasteiger partial charge in [0, 0.05) is 29.2 Å². The van der Waals surface area contributed by atoms with E-state index >= 15 is 0 Å². The first kappa shape index (κ1) is 15.9. The van der Waals surface area contributed by atoms with Gasteiger partial charge in [-0.1, -0.05) is 18.0 Å². The molecule has 0 bridgehead atoms. The third kappa shape index (κ3) is 2.57. The van der Waals surface area contributed by atoms with Crippen LogP contribution >= 0.6 is 11.8 Å². The molecule has 0 aromatic carbocycles. The summed E-state index contributed by atoms with van der Waals surface area (Å²) in [5.74, 6) is 2.06. The lowest BCUT2D eigenvalue weighted by Gasteiger charge is -2.46. The molecule has 1 aliphatic heterocycles. The molecule has 4 nitrogen and oxygen atoms in total. The second-order valence-electron chi connectivity index (χ2n) is 7.08. The van der Waals surface area contributed by atoms with Crippen molar-refractivity contribution in [3.63, 3.8) is 0 Å². The Balaban J connectivity index is 1.88. The fourth-order valence-electron chi connectivity index (χ4n) is 4.19. The third-order valence-electron chi connectivity index (χ3n) is 5.19. The van der Waals surface area contributed by atoms with Gasteiger partial charge in [0.1, 0.15) is 5.76 Å². The van der Waals surface area contributed by atoms with Crippen LogP contribution in [0.1, 0.15) is 56.5 Å². The van der Waals surface area contributed by atoms with Crippen molar-refractivity contribution in [2.75, 3.05) is 12.3 Å². The van der Waals surface area contributed by atoms with Gasteiger partial charge in [0.25, 0.3) is 0 Å². The summed E-state index contributed by atoms with van der Waals surface area (Å²) in [7, 11) is 0. The molecule has 2 fully saturated rings. The van der Waals surface area contributed by atoms with Crippen LogP contribution in [0.25, 0.3) is 0 Å². The van der Waals surface area contributed by atoms with Gasteiger partial charge in [0.2, 0.25) is 5.91 Å². The van der Waals surface area contributed by atoms with Gasteiger partial charge >= 0.3 is 0 Å². The van der Waals surface area contributed by atoms with Crippen molar-refractivity contribution in [2.24, 2.45) is 0 Å². The van der Waals surface area contributed by atoms with Crippen LogP contribution in [0.3, 0.4) is 0 Å². The molecule has 0 unspecified atom stereocenters. The standard InChI is InChI=1S/C17H26N2O2S/c1-11-15(12(2)21-18-11)17(3,4)16(20)19-9-10-22-14-8-6-5-7-13(14)19/h13-14H,5-10H2,1-4H3/t13-,14-/m1/s1. The number of carbonyl (C=O) groups excluding carboxylic acids is 1. The number of fused-ring (bicyclic) bond motifs is 1. The van der Waals surface area contributed by atoms with Gasteiger partial charge in [-0.2, -0.15) is 11.8 Å². The van der Waals surface area contributed by atoms with Crippen LogP contribution in [-0.2, 0) is 10.2 Å². The zero-order chi connectivity index (χ0) is 15.9. The van der Waals surface area contributed by atoms with Crippen LogP contribution in [0.15, 0.2) is 4.52 Å². The van der Waals surface area contributed by atoms with Gasteiger partial charge in [0.05, 0.1) is 11.1 Å². The fraction of sp³-hybridized carbons (Fsp3) is 0.765. The summed E-state index contributed by atoms with van der Waals surface area (Å²) in [5, 5.41) is 4.67. The van der Waals surface area contributed by atoms with Crippen molar-refractivity contribution in [1.82, 2.24) is 10.1 Å². The SMILES string of the molecule is Cc1noc(C)c1C(C)(C)C(=O)N1CCS[C@@H]2CCCC[C@H]21. The number of carbonyl (C=O) groups is 1. The summed E-state index contributed by atoms with van der Waals surface area (Å²) >= 11 is 2.06. The maximum atomic E-state index is 13.3. The Labute approximate surface area is 137 Å². The average Bonchev–Trinajstić information content (AvgIpc) is 2.85. The molecule has 1 saturated carbocycles. The van der Waals surface area contributed by atoms with Gasteiger partial charge in [-0.25, -0.2) is 0 Å². The molecule has 1 aliphatic carbocycles. The van der Waals surface area contributed by atoms with Crippen LogP contribution in [0.4, 0.5) is 0 Å². The van der Waals surface area contributed by atoms with Crippen molar-refractivity contribution in [3.8, 4) is 0 Å². The molecule has 1 amide bonds. The molecule has 0 spiro atoms. The summed E-state index contributed by atoms with van der Waals surface area (Å²) < 4.78 is 5.30. The second kappa shape index (κ2) is 5.91. The maximum absolute atomic E-state index is 13.3. The highest BCUT2D eigenvalue weighted by Crippen LogP contribution is 2.39. The lowest BCUT2D eigenvalue weighted by atomic mass is 9.80. The van der Waals surface area contributed by atoms with Crippen molar-refractivity contribution in [3.05, 3.63) is 17.0 Å². The second-order valence-corrected chi connectivity index (χ2v) is 8.43. The smallest absolute Gasteiger partial charge is 0.233 e. The molecular weight excluding hydrogens is 296 g/mol. The molecule has 1 saturated heterocycles. The van der Waals surface area contributed by atoms with E-state index in [-0.39, 0.29) is 5.91 Å². The Hall–Kier alpha value is -0.970. The highest BCUT2D eigenvalue weighted by atomic mass is 32.2. The van der Waals surface area contributed by atoms with E-state index < -0.39 is 5.41 Å². The van der Waals surface area contributed by atoms with E-state index in [1.165, 1.54) is 19.3 Å². The lowest BCUT2D eigenvalue weighted by molar-refractivity contribution is -0.139. The number of aromatic nitrogens is 1. The molecule has 0 N–H and O–H groups in total. The highest BCUT2D eigenvalue weighted by Gasteiger charge is 2.44. The van der Waals surface area contributed by atoms with Gasteiger partial charge in [-0.3, -0.25) is 4.79 Å². The van der Waals surface area contributed by atoms with Gasteiger partial charge in [-0.15, -0.1) is 0 Å². The summed E-state index contributed by atoms with van der Waals surface area (Å²) in [6, 6.07) is 0.416. The normalized spacial score (nSPS) is 25.9. The van der Waals surface area contributed by atoms with Gasteiger partial charge < -0.3 is 9.42 Å². The number of amides is 1. The van der Waals surface area contributed by atoms with Gasteiger partial charge in [-0.05, 0) is 40.5 Å². The van der Waals surface area contributed by atoms with Crippen molar-refractivity contribution in [1.29, 1.82) is 0 Å². The molecule has 122 valence electrons. The molecule has 0 radical (unpaired) electrons. The van der Waals surface area contributed by atoms with Gasteiger partial charge in [0.15, 0.2) is 0 Å². The zero-order valence-corrected chi connectivity index (χ0v) is 14.8. The molecule has 22 heavy (non-hydrogen) atoms. The van der Waals surface area contributed by atoms with Crippen LogP contribution in [0.5, 0.6) is 0 Å². The zero-order valence-electron chi connectivity index (χ0n) is 14.0. The van der Waals surface area contributed by atoms with E-state index in [9.17, 15) is 4.79 Å². The fourth-order valence-corrected chi connectivity index (χ4v) is 5.63. The molecule has 2 atom stereocenters. The lowest BCUT2D eigenvalue weighted by Crippen LogP contribution is -2.56. The number of rotatable bonds is 2. The minimum atomic E-state index is -0.571. The summed E-state index contributed by atoms with van der Waals surface area (Å²) in [4.78, 5) is 15.5. The Morgan fingerprint density at radius 1 is 1.32 bits per heavy atom. The van der Waals surface area contributed by atoms with Crippen LogP contribution in [0.2, 0.25) is 0 Å². The first-order valence-electron chi connectivity index (χ1n) is 8.29. The number of thioether (sulfide) groups is 1. The summed E-state index contributed by atoms with van der Waals surface area (Å²) in [5.41, 5.74) is 1.23. The molecular formula is C17H26N2O2S. The molecule has 2 heterocycles. The topological polar surface area (TPSA) is 46.3 Å². The van der Waals surface area contributed by atoms with E-state index in [4.69, 9.17) is 4.52 Å². The first-order chi connectivity index (χ1) is 10.4. The third-order valence-corrected chi connectivity index (χ3v) is 6.58. The van der Waals surface area contributed by atoms with E-state index in [0.29, 0.717) is 11.3 Å². The van der Waals surface area contributed by atoms with Crippen molar-refractivity contribution >= 4 is 17.7 Å². The number of nitrogens with zero attached hydrogens (tertiary/aromatic N) is 2. The minimum absolute atomic E-state index is 0.235. The number of aryl methyl sites for hydroxylation is 2. The molecule has 1 aromatic heterocycles. The maximum Gasteiger partial charge on any atom is 0.233 e. The van der Waals surface area contributed by atoms with Crippen molar-refractivity contribution in [2.45, 2.75) is 70.1 Å². The first-order valence-corrected chi connectivity index (χ1v) is 9.34. The Bertz CT molecular complexity index is 546. The molecule has 3 rings (SSSR count). The quantitative estimate of drug-likeness (QED) is 0.836. The number of hydrogen-bond acceptors (Lipinski definition) is 4. The number of hydrogen-bond donors (Lipinski definition) is 0. The Morgan fingerprint density at radius 2 is 2.05 bits per heavy atom. The van der Waals surface area contributed by atoms with E-state index in [0.717, 1.165) is 35.7 Å². The Morgan fingerprint density at radius 3 is 2.73 bits per heavy atom. The predicted molar refractivity (Wildman–Crippen MR) is 89.2 cm³/mol. The van der Waals surface area contributed by atoms with Crippen LogP contribution in [-0.4, -0.2) is 39.6 Å². The summed E-state index contributed by atoms with van der Waals surface area (Å²) in [6.45, 7) is 8.73. The monoisotopic (exact) mass is 322 g/mol.